The Labute approximate surface area is 401 Å². The number of phenolic OH excluding ortho intramolecular Hbond substituents is 1. The first kappa shape index (κ1) is 53.6. The maximum Gasteiger partial charge on any atom is 0.326 e. The second-order valence-corrected chi connectivity index (χ2v) is 19.7. The van der Waals surface area contributed by atoms with Gasteiger partial charge in [0.2, 0.25) is 23.7 Å². The smallest absolute Gasteiger partial charge is 0.326 e. The summed E-state index contributed by atoms with van der Waals surface area (Å²) < 4.78 is 38.7. The van der Waals surface area contributed by atoms with E-state index in [1.165, 1.54) is 26.1 Å². The fourth-order valence-electron chi connectivity index (χ4n) is 8.27. The number of carboxylic acid groups (broad SMARTS) is 1. The number of aromatic nitrogens is 2. The summed E-state index contributed by atoms with van der Waals surface area (Å²) in [4.78, 5) is 81.6. The lowest BCUT2D eigenvalue weighted by molar-refractivity contribution is -0.143. The van der Waals surface area contributed by atoms with Crippen molar-refractivity contribution in [1.29, 1.82) is 0 Å². The Morgan fingerprint density at radius 3 is 2.19 bits per heavy atom. The van der Waals surface area contributed by atoms with E-state index in [-0.39, 0.29) is 76.9 Å². The number of carboxylic acids is 1. The lowest BCUT2D eigenvalue weighted by atomic mass is 9.75. The number of benzene rings is 2. The van der Waals surface area contributed by atoms with Crippen LogP contribution in [-0.4, -0.2) is 134 Å². The molecule has 1 saturated heterocycles. The lowest BCUT2D eigenvalue weighted by Gasteiger charge is -2.38. The highest BCUT2D eigenvalue weighted by atomic mass is 32.2. The Kier molecular flexibility index (Phi) is 17.7. The molecule has 1 fully saturated rings. The molecule has 0 unspecified atom stereocenters. The molecule has 4 atom stereocenters. The van der Waals surface area contributed by atoms with Crippen LogP contribution in [0.2, 0.25) is 0 Å². The Bertz CT molecular complexity index is 2470. The number of amides is 4. The number of likely N-dealkylation sites (N-methyl/N-ethyl adjacent to an activating group) is 1. The number of nitrogen functional groups attached to an aromatic ring is 1. The minimum Gasteiger partial charge on any atom is -0.504 e. The van der Waals surface area contributed by atoms with Crippen LogP contribution in [0.15, 0.2) is 30.3 Å². The van der Waals surface area contributed by atoms with Gasteiger partial charge >= 0.3 is 5.97 Å². The molecule has 69 heavy (non-hydrogen) atoms. The normalized spacial score (nSPS) is 18.6. The highest BCUT2D eigenvalue weighted by Crippen LogP contribution is 2.45. The highest BCUT2D eigenvalue weighted by Gasteiger charge is 2.38. The van der Waals surface area contributed by atoms with Crippen molar-refractivity contribution in [1.82, 2.24) is 35.5 Å². The Hall–Kier alpha value is -6.34. The number of ether oxygens (including phenoxy) is 2. The van der Waals surface area contributed by atoms with E-state index < -0.39 is 76.3 Å². The van der Waals surface area contributed by atoms with Gasteiger partial charge in [0.25, 0.3) is 16.1 Å². The monoisotopic (exact) mass is 982 g/mol. The molecule has 378 valence electrons. The number of anilines is 2. The quantitative estimate of drug-likeness (QED) is 0.0807. The molecule has 0 spiro atoms. The second-order valence-electron chi connectivity index (χ2n) is 18.3. The summed E-state index contributed by atoms with van der Waals surface area (Å²) in [6.07, 6.45) is 2.37. The number of hydrogen-bond donors (Lipinski definition) is 10. The number of hydrogen-bond acceptors (Lipinski definition) is 16. The summed E-state index contributed by atoms with van der Waals surface area (Å²) in [7, 11) is -3.29. The Morgan fingerprint density at radius 1 is 0.971 bits per heavy atom. The first-order chi connectivity index (χ1) is 32.4. The summed E-state index contributed by atoms with van der Waals surface area (Å²) in [6, 6.07) is 1.03. The first-order valence-corrected chi connectivity index (χ1v) is 24.2. The maximum absolute atomic E-state index is 14.9. The number of rotatable bonds is 17. The summed E-state index contributed by atoms with van der Waals surface area (Å²) in [5.41, 5.74) is 18.7. The number of nitrogens with two attached hydrogens (primary N) is 4. The highest BCUT2D eigenvalue weighted by molar-refractivity contribution is 7.87. The molecule has 4 amide bonds. The number of aryl methyl sites for hydroxylation is 1. The summed E-state index contributed by atoms with van der Waals surface area (Å²) >= 11 is 0. The van der Waals surface area contributed by atoms with Gasteiger partial charge in [0.05, 0.1) is 18.9 Å². The molecule has 2 aliphatic heterocycles. The van der Waals surface area contributed by atoms with Crippen LogP contribution in [0.5, 0.6) is 17.2 Å². The van der Waals surface area contributed by atoms with E-state index in [9.17, 15) is 42.6 Å². The van der Waals surface area contributed by atoms with Crippen molar-refractivity contribution in [3.63, 3.8) is 0 Å². The van der Waals surface area contributed by atoms with Gasteiger partial charge in [-0.15, -0.1) is 0 Å². The molecule has 0 saturated carbocycles. The van der Waals surface area contributed by atoms with Gasteiger partial charge in [0, 0.05) is 44.2 Å². The molecule has 0 radical (unpaired) electrons. The topological polar surface area (TPSA) is 363 Å². The van der Waals surface area contributed by atoms with Gasteiger partial charge in [-0.25, -0.2) is 14.9 Å². The van der Waals surface area contributed by atoms with Crippen molar-refractivity contribution in [3.05, 3.63) is 52.7 Å². The molecular weight excluding hydrogens is 917 g/mol. The zero-order valence-corrected chi connectivity index (χ0v) is 40.7. The van der Waals surface area contributed by atoms with E-state index in [1.54, 1.807) is 25.1 Å². The van der Waals surface area contributed by atoms with E-state index in [1.807, 2.05) is 9.62 Å². The average molecular weight is 983 g/mol. The van der Waals surface area contributed by atoms with Crippen molar-refractivity contribution < 1.29 is 52.1 Å². The van der Waals surface area contributed by atoms with Crippen LogP contribution in [0.25, 0.3) is 11.1 Å². The van der Waals surface area contributed by atoms with Crippen molar-refractivity contribution in [2.45, 2.75) is 90.9 Å². The first-order valence-electron chi connectivity index (χ1n) is 22.7. The third-order valence-electron chi connectivity index (χ3n) is 12.2. The van der Waals surface area contributed by atoms with Gasteiger partial charge in [0.1, 0.15) is 41.3 Å². The molecule has 2 aliphatic rings. The average Bonchev–Trinajstić information content (AvgIpc) is 3.27. The van der Waals surface area contributed by atoms with E-state index in [0.29, 0.717) is 49.9 Å². The molecule has 2 aromatic carbocycles. The summed E-state index contributed by atoms with van der Waals surface area (Å²) in [6.45, 7) is 10.6. The van der Waals surface area contributed by atoms with Crippen LogP contribution in [-0.2, 0) is 35.8 Å². The van der Waals surface area contributed by atoms with E-state index in [0.717, 1.165) is 17.7 Å². The number of carbonyl (C=O) groups excluding carboxylic acids is 4. The maximum atomic E-state index is 14.9. The van der Waals surface area contributed by atoms with Gasteiger partial charge in [-0.2, -0.15) is 18.1 Å². The van der Waals surface area contributed by atoms with Gasteiger partial charge in [-0.1, -0.05) is 26.8 Å². The Balaban J connectivity index is 1.62. The number of fused-ring (bicyclic) bond motifs is 5. The van der Waals surface area contributed by atoms with Crippen molar-refractivity contribution in [3.8, 4) is 28.4 Å². The van der Waals surface area contributed by atoms with Gasteiger partial charge in [0.15, 0.2) is 11.5 Å². The third kappa shape index (κ3) is 13.7. The number of aromatic hydroxyl groups is 1. The number of nitrogens with one attached hydrogen (secondary N) is 4. The van der Waals surface area contributed by atoms with E-state index >= 15 is 0 Å². The zero-order valence-electron chi connectivity index (χ0n) is 39.8. The molecule has 4 bridgehead atoms. The molecule has 24 heteroatoms. The molecule has 3 aromatic rings. The number of nitrogens with zero attached hydrogens (tertiary/aromatic N) is 4. The molecular formula is C45H66N12O11S. The molecule has 0 aliphatic carbocycles. The second kappa shape index (κ2) is 22.8. The van der Waals surface area contributed by atoms with E-state index in [2.05, 4.69) is 46.7 Å². The van der Waals surface area contributed by atoms with Crippen molar-refractivity contribution in [2.75, 3.05) is 63.6 Å². The molecule has 3 heterocycles. The van der Waals surface area contributed by atoms with Crippen LogP contribution in [0.3, 0.4) is 0 Å². The predicted molar refractivity (Wildman–Crippen MR) is 256 cm³/mol. The van der Waals surface area contributed by atoms with Gasteiger partial charge in [-0.3, -0.25) is 19.2 Å². The van der Waals surface area contributed by atoms with Crippen LogP contribution in [0, 0.1) is 18.3 Å². The summed E-state index contributed by atoms with van der Waals surface area (Å²) in [5.74, 6) is -4.99. The minimum absolute atomic E-state index is 0.00498. The van der Waals surface area contributed by atoms with E-state index in [4.69, 9.17) is 31.8 Å². The molecule has 14 N–H and O–H groups in total. The zero-order chi connectivity index (χ0) is 51.0. The standard InChI is InChI=1S/C45H66N12O11S/c1-24-35(38(48)55-44(52-24)57-15-11-28(12-16-57)45(3,4)5)40(60)54-32(23-50-69(49,65)66)42(62)56(6)36-27-21-30(37(58)34(22-27)68-18-8-14-47)29-19-26(9-10-33(29)67-17-7-13-46)20-31(43(63)64)53-39(59)25(2)51-41(36)61/h9-10,19,21-22,25,28,31-32,36,50,58H,7-8,11-18,20,23,46-47H2,1-6H3,(H,51,61)(H,53,59)(H,54,60)(H,63,64)(H2,48,52,55)(H2,49,65,66)/t25-,31-,32-,36-/m0/s1. The largest absolute Gasteiger partial charge is 0.504 e. The number of piperidine rings is 1. The Morgan fingerprint density at radius 2 is 1.61 bits per heavy atom. The minimum atomic E-state index is -4.49. The van der Waals surface area contributed by atoms with Crippen molar-refractivity contribution in [2.24, 2.45) is 27.9 Å². The van der Waals surface area contributed by atoms with Gasteiger partial charge < -0.3 is 62.6 Å². The fraction of sp³-hybridized carbons (Fsp3) is 0.533. The predicted octanol–water partition coefficient (Wildman–Crippen LogP) is 0.179. The van der Waals surface area contributed by atoms with Crippen LogP contribution in [0.1, 0.15) is 86.6 Å². The summed E-state index contributed by atoms with van der Waals surface area (Å²) in [5, 5.41) is 34.9. The molecule has 1 aromatic heterocycles. The SMILES string of the molecule is Cc1nc(N2CCC(C(C)(C)C)CC2)nc(N)c1C(=O)N[C@@H](CNS(N)(=O)=O)C(=O)N(C)[C@@H]1C(=O)N[C@@H](C)C(=O)N[C@H](C(=O)O)Cc2ccc(OCCCN)c(c2)-c2cc1cc(OCCCN)c2O. The molecule has 23 nitrogen and oxygen atoms in total. The lowest BCUT2D eigenvalue weighted by Crippen LogP contribution is -2.57. The number of phenols is 1. The van der Waals surface area contributed by atoms with Crippen LogP contribution in [0.4, 0.5) is 11.8 Å². The van der Waals surface area contributed by atoms with Crippen molar-refractivity contribution >= 4 is 51.6 Å². The van der Waals surface area contributed by atoms with Crippen LogP contribution < -0.4 is 57.4 Å². The molecule has 5 rings (SSSR count). The van der Waals surface area contributed by atoms with Gasteiger partial charge in [-0.05, 0) is 99.3 Å². The third-order valence-corrected chi connectivity index (χ3v) is 12.7. The fourth-order valence-corrected chi connectivity index (χ4v) is 8.66. The van der Waals surface area contributed by atoms with Crippen LogP contribution >= 0.6 is 0 Å². The number of aliphatic carboxylic acids is 1. The number of carbonyl (C=O) groups is 5.